The smallest absolute Gasteiger partial charge is 0.248 e. The highest BCUT2D eigenvalue weighted by Crippen LogP contribution is 2.15. The van der Waals surface area contributed by atoms with Crippen LogP contribution in [0.5, 0.6) is 0 Å². The lowest BCUT2D eigenvalue weighted by molar-refractivity contribution is -0.117. The standard InChI is InChI=1S/C13H18N4O3S/c1-21-3-2-10(14)13(20)17-9-5-7(11(15)18)4-8(6-9)12(16)19/h4-6,10H,2-3,14H2,1H3,(H2,15,18)(H2,16,19)(H,17,20)/t10-/m0/s1. The van der Waals surface area contributed by atoms with Gasteiger partial charge in [0.15, 0.2) is 0 Å². The van der Waals surface area contributed by atoms with Crippen LogP contribution in [-0.4, -0.2) is 35.8 Å². The molecule has 114 valence electrons. The number of hydrogen-bond donors (Lipinski definition) is 4. The van der Waals surface area contributed by atoms with E-state index < -0.39 is 23.8 Å². The number of anilines is 1. The number of carbonyl (C=O) groups excluding carboxylic acids is 3. The average molecular weight is 310 g/mol. The predicted molar refractivity (Wildman–Crippen MR) is 83.1 cm³/mol. The molecule has 0 aliphatic carbocycles. The number of thioether (sulfide) groups is 1. The van der Waals surface area contributed by atoms with Crippen LogP contribution in [-0.2, 0) is 4.79 Å². The van der Waals surface area contributed by atoms with E-state index in [9.17, 15) is 14.4 Å². The Morgan fingerprint density at radius 2 is 1.67 bits per heavy atom. The highest BCUT2D eigenvalue weighted by Gasteiger charge is 2.15. The van der Waals surface area contributed by atoms with Gasteiger partial charge in [0.1, 0.15) is 0 Å². The molecule has 0 unspecified atom stereocenters. The Morgan fingerprint density at radius 3 is 2.10 bits per heavy atom. The molecule has 1 atom stereocenters. The Labute approximate surface area is 126 Å². The van der Waals surface area contributed by atoms with Crippen molar-refractivity contribution in [3.05, 3.63) is 29.3 Å². The van der Waals surface area contributed by atoms with Crippen molar-refractivity contribution in [1.82, 2.24) is 0 Å². The van der Waals surface area contributed by atoms with Gasteiger partial charge in [0.2, 0.25) is 17.7 Å². The summed E-state index contributed by atoms with van der Waals surface area (Å²) in [5, 5.41) is 2.55. The van der Waals surface area contributed by atoms with Crippen LogP contribution in [0.3, 0.4) is 0 Å². The molecule has 1 aromatic carbocycles. The minimum Gasteiger partial charge on any atom is -0.366 e. The van der Waals surface area contributed by atoms with E-state index in [1.165, 1.54) is 18.2 Å². The molecular formula is C13H18N4O3S. The second-order valence-electron chi connectivity index (χ2n) is 4.40. The Bertz CT molecular complexity index is 530. The molecule has 0 bridgehead atoms. The number of primary amides is 2. The van der Waals surface area contributed by atoms with Gasteiger partial charge in [-0.05, 0) is 36.6 Å². The Balaban J connectivity index is 2.94. The van der Waals surface area contributed by atoms with E-state index in [-0.39, 0.29) is 16.8 Å². The fourth-order valence-electron chi connectivity index (χ4n) is 1.60. The first-order valence-electron chi connectivity index (χ1n) is 6.15. The zero-order valence-electron chi connectivity index (χ0n) is 11.6. The highest BCUT2D eigenvalue weighted by molar-refractivity contribution is 7.98. The predicted octanol–water partition coefficient (Wildman–Crippen LogP) is -0.0967. The van der Waals surface area contributed by atoms with Gasteiger partial charge < -0.3 is 22.5 Å². The molecule has 0 saturated carbocycles. The zero-order chi connectivity index (χ0) is 16.0. The number of carbonyl (C=O) groups is 3. The minimum atomic E-state index is -0.722. The summed E-state index contributed by atoms with van der Waals surface area (Å²) in [7, 11) is 0. The van der Waals surface area contributed by atoms with Crippen molar-refractivity contribution in [3.63, 3.8) is 0 Å². The van der Waals surface area contributed by atoms with E-state index in [4.69, 9.17) is 17.2 Å². The summed E-state index contributed by atoms with van der Waals surface area (Å²) in [6, 6.07) is 3.34. The van der Waals surface area contributed by atoms with Crippen LogP contribution in [0.15, 0.2) is 18.2 Å². The molecule has 0 fully saturated rings. The van der Waals surface area contributed by atoms with E-state index in [2.05, 4.69) is 5.32 Å². The van der Waals surface area contributed by atoms with E-state index >= 15 is 0 Å². The number of benzene rings is 1. The molecule has 0 radical (unpaired) electrons. The van der Waals surface area contributed by atoms with Gasteiger partial charge in [-0.15, -0.1) is 0 Å². The molecule has 7 N–H and O–H groups in total. The third kappa shape index (κ3) is 5.09. The second-order valence-corrected chi connectivity index (χ2v) is 5.39. The maximum Gasteiger partial charge on any atom is 0.248 e. The first-order chi connectivity index (χ1) is 9.85. The molecule has 8 heteroatoms. The van der Waals surface area contributed by atoms with Gasteiger partial charge in [-0.1, -0.05) is 0 Å². The van der Waals surface area contributed by atoms with E-state index in [0.29, 0.717) is 6.42 Å². The van der Waals surface area contributed by atoms with E-state index in [0.717, 1.165) is 5.75 Å². The quantitative estimate of drug-likeness (QED) is 0.556. The third-order valence-electron chi connectivity index (χ3n) is 2.74. The fourth-order valence-corrected chi connectivity index (χ4v) is 2.08. The number of amides is 3. The van der Waals surface area contributed by atoms with Gasteiger partial charge in [-0.3, -0.25) is 14.4 Å². The fraction of sp³-hybridized carbons (Fsp3) is 0.308. The van der Waals surface area contributed by atoms with Gasteiger partial charge in [0.05, 0.1) is 6.04 Å². The third-order valence-corrected chi connectivity index (χ3v) is 3.38. The summed E-state index contributed by atoms with van der Waals surface area (Å²) in [5.41, 5.74) is 16.5. The molecule has 1 rings (SSSR count). The van der Waals surface area contributed by atoms with Crippen LogP contribution < -0.4 is 22.5 Å². The second kappa shape index (κ2) is 7.65. The summed E-state index contributed by atoms with van der Waals surface area (Å²) in [6.45, 7) is 0. The van der Waals surface area contributed by atoms with Crippen molar-refractivity contribution < 1.29 is 14.4 Å². The summed E-state index contributed by atoms with van der Waals surface area (Å²) in [6.07, 6.45) is 2.44. The van der Waals surface area contributed by atoms with Crippen LogP contribution in [0.2, 0.25) is 0 Å². The first kappa shape index (κ1) is 17.0. The summed E-state index contributed by atoms with van der Waals surface area (Å²) in [4.78, 5) is 34.3. The number of nitrogens with one attached hydrogen (secondary N) is 1. The number of nitrogens with two attached hydrogens (primary N) is 3. The maximum atomic E-state index is 11.9. The number of rotatable bonds is 7. The van der Waals surface area contributed by atoms with Crippen LogP contribution in [0.4, 0.5) is 5.69 Å². The van der Waals surface area contributed by atoms with Crippen molar-refractivity contribution in [3.8, 4) is 0 Å². The lowest BCUT2D eigenvalue weighted by atomic mass is 10.1. The van der Waals surface area contributed by atoms with Crippen LogP contribution in [0, 0.1) is 0 Å². The lowest BCUT2D eigenvalue weighted by Gasteiger charge is -2.13. The topological polar surface area (TPSA) is 141 Å². The zero-order valence-corrected chi connectivity index (χ0v) is 12.4. The molecule has 0 heterocycles. The first-order valence-corrected chi connectivity index (χ1v) is 7.54. The van der Waals surface area contributed by atoms with Gasteiger partial charge in [-0.25, -0.2) is 0 Å². The van der Waals surface area contributed by atoms with Crippen molar-refractivity contribution in [1.29, 1.82) is 0 Å². The van der Waals surface area contributed by atoms with Crippen molar-refractivity contribution >= 4 is 35.2 Å². The normalized spacial score (nSPS) is 11.7. The highest BCUT2D eigenvalue weighted by atomic mass is 32.2. The van der Waals surface area contributed by atoms with Crippen molar-refractivity contribution in [2.75, 3.05) is 17.3 Å². The molecule has 21 heavy (non-hydrogen) atoms. The Kier molecular flexibility index (Phi) is 6.19. The van der Waals surface area contributed by atoms with Gasteiger partial charge >= 0.3 is 0 Å². The largest absolute Gasteiger partial charge is 0.366 e. The lowest BCUT2D eigenvalue weighted by Crippen LogP contribution is -2.36. The maximum absolute atomic E-state index is 11.9. The summed E-state index contributed by atoms with van der Waals surface area (Å²) >= 11 is 1.58. The van der Waals surface area contributed by atoms with Crippen LogP contribution in [0.1, 0.15) is 27.1 Å². The molecule has 0 spiro atoms. The molecule has 0 saturated heterocycles. The van der Waals surface area contributed by atoms with Gasteiger partial charge in [0, 0.05) is 16.8 Å². The monoisotopic (exact) mass is 310 g/mol. The van der Waals surface area contributed by atoms with Crippen molar-refractivity contribution in [2.24, 2.45) is 17.2 Å². The molecule has 0 aliphatic rings. The molecule has 0 aliphatic heterocycles. The average Bonchev–Trinajstić information content (AvgIpc) is 2.44. The van der Waals surface area contributed by atoms with E-state index in [1.807, 2.05) is 6.26 Å². The van der Waals surface area contributed by atoms with E-state index in [1.54, 1.807) is 11.8 Å². The summed E-state index contributed by atoms with van der Waals surface area (Å²) in [5.74, 6) is -1.09. The SMILES string of the molecule is CSCC[C@H](N)C(=O)Nc1cc(C(N)=O)cc(C(N)=O)c1. The molecular weight excluding hydrogens is 292 g/mol. The molecule has 1 aromatic rings. The molecule has 0 aromatic heterocycles. The van der Waals surface area contributed by atoms with Crippen LogP contribution >= 0.6 is 11.8 Å². The summed E-state index contributed by atoms with van der Waals surface area (Å²) < 4.78 is 0. The Morgan fingerprint density at radius 1 is 1.14 bits per heavy atom. The molecule has 3 amide bonds. The van der Waals surface area contributed by atoms with Gasteiger partial charge in [0.25, 0.3) is 0 Å². The Hall–Kier alpha value is -2.06. The molecule has 7 nitrogen and oxygen atoms in total. The van der Waals surface area contributed by atoms with Gasteiger partial charge in [-0.2, -0.15) is 11.8 Å². The number of hydrogen-bond acceptors (Lipinski definition) is 5. The van der Waals surface area contributed by atoms with Crippen LogP contribution in [0.25, 0.3) is 0 Å². The van der Waals surface area contributed by atoms with Crippen molar-refractivity contribution in [2.45, 2.75) is 12.5 Å². The minimum absolute atomic E-state index is 0.0827.